The number of rotatable bonds is 7. The van der Waals surface area contributed by atoms with Crippen molar-refractivity contribution in [3.05, 3.63) is 28.4 Å². The maximum absolute atomic E-state index is 4.13. The predicted octanol–water partition coefficient (Wildman–Crippen LogP) is 5.09. The Labute approximate surface area is 130 Å². The van der Waals surface area contributed by atoms with Gasteiger partial charge in [-0.05, 0) is 41.1 Å². The van der Waals surface area contributed by atoms with E-state index in [1.165, 1.54) is 54.1 Å². The van der Waals surface area contributed by atoms with Gasteiger partial charge in [-0.25, -0.2) is 0 Å². The minimum atomic E-state index is 1.10. The van der Waals surface area contributed by atoms with Crippen molar-refractivity contribution in [3.8, 4) is 0 Å². The Morgan fingerprint density at radius 1 is 1.16 bits per heavy atom. The number of fused-ring (bicyclic) bond motifs is 1. The van der Waals surface area contributed by atoms with Crippen LogP contribution < -0.4 is 4.90 Å². The van der Waals surface area contributed by atoms with Gasteiger partial charge in [0.05, 0.1) is 0 Å². The van der Waals surface area contributed by atoms with Crippen molar-refractivity contribution in [2.24, 2.45) is 0 Å². The molecule has 0 N–H and O–H groups in total. The summed E-state index contributed by atoms with van der Waals surface area (Å²) in [6.07, 6.45) is 8.05. The SMILES string of the molecule is C=[N+]1c2ccccc2N(CCCCCCCC)[C-]1I. The Morgan fingerprint density at radius 3 is 2.63 bits per heavy atom. The van der Waals surface area contributed by atoms with Crippen LogP contribution in [0.4, 0.5) is 11.4 Å². The molecule has 3 heteroatoms. The van der Waals surface area contributed by atoms with Gasteiger partial charge in [-0.15, -0.1) is 0 Å². The largest absolute Gasteiger partial charge is 0.342 e. The minimum Gasteiger partial charge on any atom is -0.342 e. The van der Waals surface area contributed by atoms with Crippen LogP contribution >= 0.6 is 22.6 Å². The summed E-state index contributed by atoms with van der Waals surface area (Å²) < 4.78 is 3.25. The van der Waals surface area contributed by atoms with Gasteiger partial charge in [0.1, 0.15) is 5.69 Å². The van der Waals surface area contributed by atoms with E-state index in [9.17, 15) is 0 Å². The number of nitrogens with zero attached hydrogens (tertiary/aromatic N) is 2. The molecule has 1 heterocycles. The molecule has 1 aliphatic heterocycles. The fourth-order valence-electron chi connectivity index (χ4n) is 2.53. The van der Waals surface area contributed by atoms with Crippen molar-refractivity contribution in [3.63, 3.8) is 0 Å². The van der Waals surface area contributed by atoms with Crippen LogP contribution in [-0.2, 0) is 0 Å². The first-order valence-electron chi connectivity index (χ1n) is 7.25. The molecule has 2 rings (SSSR count). The lowest BCUT2D eigenvalue weighted by Gasteiger charge is -2.22. The van der Waals surface area contributed by atoms with Crippen LogP contribution in [0.1, 0.15) is 45.4 Å². The summed E-state index contributed by atoms with van der Waals surface area (Å²) in [5, 5.41) is 0. The lowest BCUT2D eigenvalue weighted by molar-refractivity contribution is -0.381. The number of hydrogen-bond acceptors (Lipinski definition) is 1. The molecule has 0 bridgehead atoms. The quantitative estimate of drug-likeness (QED) is 0.213. The molecular weight excluding hydrogens is 347 g/mol. The fraction of sp³-hybridized carbons (Fsp3) is 0.500. The summed E-state index contributed by atoms with van der Waals surface area (Å²) in [5.41, 5.74) is 2.52. The summed E-state index contributed by atoms with van der Waals surface area (Å²) in [6, 6.07) is 8.52. The average molecular weight is 370 g/mol. The summed E-state index contributed by atoms with van der Waals surface area (Å²) in [5.74, 6) is 0. The van der Waals surface area contributed by atoms with Crippen molar-refractivity contribution in [2.45, 2.75) is 45.4 Å². The van der Waals surface area contributed by atoms with Crippen LogP contribution in [0.3, 0.4) is 0 Å². The Hall–Kier alpha value is -0.710. The maximum atomic E-state index is 4.13. The van der Waals surface area contributed by atoms with Gasteiger partial charge in [0, 0.05) is 18.9 Å². The van der Waals surface area contributed by atoms with E-state index >= 15 is 0 Å². The van der Waals surface area contributed by atoms with E-state index in [1.807, 2.05) is 4.58 Å². The second-order valence-corrected chi connectivity index (χ2v) is 6.07. The lowest BCUT2D eigenvalue weighted by Crippen LogP contribution is -2.25. The molecule has 0 saturated carbocycles. The highest BCUT2D eigenvalue weighted by molar-refractivity contribution is 14.1. The minimum absolute atomic E-state index is 1.10. The highest BCUT2D eigenvalue weighted by atomic mass is 127. The summed E-state index contributed by atoms with van der Waals surface area (Å²) in [6.45, 7) is 7.50. The van der Waals surface area contributed by atoms with Crippen molar-refractivity contribution < 1.29 is 4.58 Å². The van der Waals surface area contributed by atoms with Crippen molar-refractivity contribution in [2.75, 3.05) is 11.4 Å². The van der Waals surface area contributed by atoms with E-state index in [0.717, 1.165) is 6.54 Å². The zero-order chi connectivity index (χ0) is 13.7. The lowest BCUT2D eigenvalue weighted by atomic mass is 10.1. The second kappa shape index (κ2) is 7.17. The third kappa shape index (κ3) is 3.44. The second-order valence-electron chi connectivity index (χ2n) is 5.11. The van der Waals surface area contributed by atoms with Crippen LogP contribution in [0.5, 0.6) is 0 Å². The van der Waals surface area contributed by atoms with E-state index in [0.29, 0.717) is 0 Å². The average Bonchev–Trinajstić information content (AvgIpc) is 2.68. The van der Waals surface area contributed by atoms with E-state index < -0.39 is 0 Å². The molecule has 0 spiro atoms. The molecule has 0 aromatic heterocycles. The van der Waals surface area contributed by atoms with Gasteiger partial charge in [0.15, 0.2) is 0 Å². The van der Waals surface area contributed by atoms with Crippen LogP contribution in [-0.4, -0.2) is 17.8 Å². The molecule has 0 amide bonds. The first kappa shape index (κ1) is 14.7. The zero-order valence-corrected chi connectivity index (χ0v) is 13.9. The third-order valence-electron chi connectivity index (χ3n) is 3.64. The number of halogens is 1. The Balaban J connectivity index is 1.85. The van der Waals surface area contributed by atoms with Crippen molar-refractivity contribution in [1.29, 1.82) is 0 Å². The van der Waals surface area contributed by atoms with Crippen LogP contribution in [0.15, 0.2) is 24.3 Å². The molecule has 19 heavy (non-hydrogen) atoms. The van der Waals surface area contributed by atoms with E-state index in [1.54, 1.807) is 0 Å². The molecule has 1 aromatic carbocycles. The van der Waals surface area contributed by atoms with Gasteiger partial charge in [0.25, 0.3) is 0 Å². The molecule has 0 unspecified atom stereocenters. The van der Waals surface area contributed by atoms with Gasteiger partial charge in [-0.3, -0.25) is 0 Å². The van der Waals surface area contributed by atoms with Crippen LogP contribution in [0.25, 0.3) is 0 Å². The highest BCUT2D eigenvalue weighted by Crippen LogP contribution is 2.43. The molecular formula is C16H23IN2. The number of anilines is 1. The zero-order valence-electron chi connectivity index (χ0n) is 11.7. The molecule has 1 aromatic rings. The van der Waals surface area contributed by atoms with Crippen molar-refractivity contribution >= 4 is 40.7 Å². The van der Waals surface area contributed by atoms with Gasteiger partial charge in [-0.1, -0.05) is 51.2 Å². The molecule has 0 aliphatic carbocycles. The van der Waals surface area contributed by atoms with E-state index in [-0.39, 0.29) is 0 Å². The maximum Gasteiger partial charge on any atom is 0.217 e. The van der Waals surface area contributed by atoms with Crippen molar-refractivity contribution in [1.82, 2.24) is 0 Å². The van der Waals surface area contributed by atoms with Gasteiger partial charge >= 0.3 is 0 Å². The standard InChI is InChI=1S/C16H23IN2/c1-3-4-5-6-7-10-13-19-15-12-9-8-11-14(15)18(2)16(19)17/h8-9,11-12H,2-7,10,13H2,1H3. The third-order valence-corrected chi connectivity index (χ3v) is 4.81. The summed E-state index contributed by atoms with van der Waals surface area (Å²) in [7, 11) is 0. The first-order valence-corrected chi connectivity index (χ1v) is 8.33. The smallest absolute Gasteiger partial charge is 0.217 e. The number of benzene rings is 1. The van der Waals surface area contributed by atoms with Gasteiger partial charge in [0.2, 0.25) is 4.17 Å². The molecule has 0 fully saturated rings. The monoisotopic (exact) mass is 370 g/mol. The topological polar surface area (TPSA) is 6.25 Å². The number of hydrogen-bond donors (Lipinski definition) is 0. The molecule has 0 saturated heterocycles. The first-order chi connectivity index (χ1) is 9.25. The van der Waals surface area contributed by atoms with Gasteiger partial charge in [-0.2, -0.15) is 0 Å². The predicted molar refractivity (Wildman–Crippen MR) is 91.5 cm³/mol. The normalized spacial score (nSPS) is 14.1. The molecule has 1 aliphatic rings. The molecule has 2 nitrogen and oxygen atoms in total. The van der Waals surface area contributed by atoms with E-state index in [2.05, 4.69) is 65.4 Å². The Bertz CT molecular complexity index is 431. The molecule has 0 radical (unpaired) electrons. The Morgan fingerprint density at radius 2 is 1.84 bits per heavy atom. The highest BCUT2D eigenvalue weighted by Gasteiger charge is 2.29. The van der Waals surface area contributed by atoms with Crippen LogP contribution in [0, 0.1) is 4.17 Å². The fourth-order valence-corrected chi connectivity index (χ4v) is 3.29. The summed E-state index contributed by atoms with van der Waals surface area (Å²) >= 11 is 2.40. The molecule has 104 valence electrons. The van der Waals surface area contributed by atoms with E-state index in [4.69, 9.17) is 0 Å². The number of para-hydroxylation sites is 2. The molecule has 0 atom stereocenters. The Kier molecular flexibility index (Phi) is 5.55. The summed E-state index contributed by atoms with van der Waals surface area (Å²) in [4.78, 5) is 2.39. The number of unbranched alkanes of at least 4 members (excludes halogenated alkanes) is 5. The van der Waals surface area contributed by atoms with Gasteiger partial charge < -0.3 is 9.48 Å². The van der Waals surface area contributed by atoms with Crippen LogP contribution in [0.2, 0.25) is 0 Å².